The first-order valence-electron chi connectivity index (χ1n) is 6.00. The van der Waals surface area contributed by atoms with E-state index in [0.717, 1.165) is 12.8 Å². The van der Waals surface area contributed by atoms with Gasteiger partial charge in [-0.05, 0) is 53.4 Å². The molecule has 0 aromatic heterocycles. The molecule has 2 rings (SSSR count). The molecule has 0 aliphatic carbocycles. The molecule has 1 fully saturated rings. The van der Waals surface area contributed by atoms with Crippen LogP contribution in [0.15, 0.2) is 37.0 Å². The first kappa shape index (κ1) is 15.9. The number of isocyanates is 1. The summed E-state index contributed by atoms with van der Waals surface area (Å²) in [6.07, 6.45) is 2.96. The molecule has 0 N–H and O–H groups in total. The molecule has 1 unspecified atom stereocenters. The van der Waals surface area contributed by atoms with Gasteiger partial charge in [-0.3, -0.25) is 0 Å². The van der Waals surface area contributed by atoms with E-state index >= 15 is 0 Å². The van der Waals surface area contributed by atoms with E-state index in [1.807, 2.05) is 0 Å². The van der Waals surface area contributed by atoms with Crippen molar-refractivity contribution in [2.75, 3.05) is 6.54 Å². The van der Waals surface area contributed by atoms with E-state index in [-0.39, 0.29) is 4.90 Å². The molecule has 108 valence electrons. The Labute approximate surface area is 134 Å². The van der Waals surface area contributed by atoms with E-state index in [1.165, 1.54) is 16.5 Å². The molecule has 1 aromatic rings. The van der Waals surface area contributed by atoms with Crippen molar-refractivity contribution in [1.29, 1.82) is 0 Å². The molecular weight excluding hydrogens is 412 g/mol. The molecule has 1 aliphatic heterocycles. The Bertz CT molecular complexity index is 657. The number of benzene rings is 1. The number of nitrogens with zero attached hydrogens (tertiary/aromatic N) is 2. The van der Waals surface area contributed by atoms with Crippen LogP contribution >= 0.6 is 31.9 Å². The van der Waals surface area contributed by atoms with Gasteiger partial charge >= 0.3 is 0 Å². The van der Waals surface area contributed by atoms with Crippen molar-refractivity contribution in [3.05, 3.63) is 27.1 Å². The molecule has 0 spiro atoms. The van der Waals surface area contributed by atoms with Crippen molar-refractivity contribution in [2.45, 2.75) is 30.3 Å². The number of carbonyl (C=O) groups excluding carboxylic acids is 1. The summed E-state index contributed by atoms with van der Waals surface area (Å²) < 4.78 is 27.9. The lowest BCUT2D eigenvalue weighted by Crippen LogP contribution is -2.42. The minimum Gasteiger partial charge on any atom is -0.211 e. The number of sulfonamides is 1. The van der Waals surface area contributed by atoms with Crippen LogP contribution in [0.1, 0.15) is 19.3 Å². The fraction of sp³-hybridized carbons (Fsp3) is 0.417. The number of rotatable bonds is 3. The van der Waals surface area contributed by atoms with Gasteiger partial charge in [-0.2, -0.15) is 9.30 Å². The van der Waals surface area contributed by atoms with E-state index in [2.05, 4.69) is 36.9 Å². The molecule has 0 amide bonds. The lowest BCUT2D eigenvalue weighted by Gasteiger charge is -2.31. The van der Waals surface area contributed by atoms with E-state index < -0.39 is 16.2 Å². The molecule has 0 radical (unpaired) electrons. The number of hydrogen-bond donors (Lipinski definition) is 0. The molecule has 0 bridgehead atoms. The zero-order valence-corrected chi connectivity index (χ0v) is 14.4. The fourth-order valence-electron chi connectivity index (χ4n) is 2.16. The summed E-state index contributed by atoms with van der Waals surface area (Å²) in [5.74, 6) is 0. The first-order chi connectivity index (χ1) is 9.46. The normalized spacial score (nSPS) is 20.4. The Kier molecular flexibility index (Phi) is 5.14. The Morgan fingerprint density at radius 1 is 1.30 bits per heavy atom. The van der Waals surface area contributed by atoms with Crippen LogP contribution in [-0.2, 0) is 14.8 Å². The Balaban J connectivity index is 2.47. The van der Waals surface area contributed by atoms with Gasteiger partial charge in [0.2, 0.25) is 16.1 Å². The molecule has 1 aliphatic rings. The van der Waals surface area contributed by atoms with Crippen LogP contribution < -0.4 is 0 Å². The van der Waals surface area contributed by atoms with Gasteiger partial charge < -0.3 is 0 Å². The molecule has 0 saturated carbocycles. The molecule has 1 heterocycles. The lowest BCUT2D eigenvalue weighted by atomic mass is 10.1. The van der Waals surface area contributed by atoms with Crippen LogP contribution in [0.3, 0.4) is 0 Å². The highest BCUT2D eigenvalue weighted by atomic mass is 79.9. The molecule has 5 nitrogen and oxygen atoms in total. The molecule has 8 heteroatoms. The van der Waals surface area contributed by atoms with Gasteiger partial charge in [-0.25, -0.2) is 13.2 Å². The maximum atomic E-state index is 12.7. The van der Waals surface area contributed by atoms with E-state index in [0.29, 0.717) is 21.9 Å². The molecule has 1 aromatic carbocycles. The summed E-state index contributed by atoms with van der Waals surface area (Å²) in [5.41, 5.74) is 0. The van der Waals surface area contributed by atoms with E-state index in [9.17, 15) is 13.2 Å². The summed E-state index contributed by atoms with van der Waals surface area (Å²) >= 11 is 6.53. The highest BCUT2D eigenvalue weighted by molar-refractivity contribution is 9.11. The van der Waals surface area contributed by atoms with Crippen LogP contribution in [0.2, 0.25) is 0 Å². The summed E-state index contributed by atoms with van der Waals surface area (Å²) in [5, 5.41) is 0. The summed E-state index contributed by atoms with van der Waals surface area (Å²) in [6.45, 7) is 0.358. The smallest absolute Gasteiger partial charge is 0.211 e. The van der Waals surface area contributed by atoms with Crippen LogP contribution in [-0.4, -0.2) is 31.5 Å². The van der Waals surface area contributed by atoms with Crippen molar-refractivity contribution >= 4 is 48.0 Å². The highest BCUT2D eigenvalue weighted by Gasteiger charge is 2.34. The number of aliphatic imine (C=N–C) groups is 1. The lowest BCUT2D eigenvalue weighted by molar-refractivity contribution is 0.259. The van der Waals surface area contributed by atoms with Crippen LogP contribution in [0.25, 0.3) is 0 Å². The van der Waals surface area contributed by atoms with Gasteiger partial charge in [0.15, 0.2) is 0 Å². The SMILES string of the molecule is O=C=NC1CCCCN1S(=O)(=O)c1cc(Br)ccc1Br. The van der Waals surface area contributed by atoms with Crippen LogP contribution in [0.4, 0.5) is 0 Å². The fourth-order valence-corrected chi connectivity index (χ4v) is 5.22. The van der Waals surface area contributed by atoms with Gasteiger partial charge in [0.05, 0.1) is 4.90 Å². The number of hydrogen-bond acceptors (Lipinski definition) is 4. The van der Waals surface area contributed by atoms with Crippen molar-refractivity contribution in [1.82, 2.24) is 4.31 Å². The molecule has 20 heavy (non-hydrogen) atoms. The van der Waals surface area contributed by atoms with Crippen molar-refractivity contribution in [3.8, 4) is 0 Å². The predicted octanol–water partition coefficient (Wildman–Crippen LogP) is 3.05. The minimum atomic E-state index is -3.70. The van der Waals surface area contributed by atoms with Gasteiger partial charge in [0.25, 0.3) is 0 Å². The predicted molar refractivity (Wildman–Crippen MR) is 81.5 cm³/mol. The second-order valence-electron chi connectivity index (χ2n) is 4.39. The largest absolute Gasteiger partial charge is 0.246 e. The average Bonchev–Trinajstić information content (AvgIpc) is 2.42. The van der Waals surface area contributed by atoms with Gasteiger partial charge in [0, 0.05) is 15.5 Å². The Morgan fingerprint density at radius 3 is 2.75 bits per heavy atom. The third kappa shape index (κ3) is 3.20. The maximum absolute atomic E-state index is 12.7. The zero-order chi connectivity index (χ0) is 14.8. The van der Waals surface area contributed by atoms with E-state index in [4.69, 9.17) is 0 Å². The standard InChI is InChI=1S/C12H12Br2N2O3S/c13-9-4-5-10(14)11(7-9)20(18,19)16-6-2-1-3-12(16)15-8-17/h4-5,7,12H,1-3,6H2. The molecule has 1 atom stereocenters. The quantitative estimate of drug-likeness (QED) is 0.554. The third-order valence-corrected chi connectivity index (χ3v) is 6.49. The van der Waals surface area contributed by atoms with Crippen LogP contribution in [0.5, 0.6) is 0 Å². The van der Waals surface area contributed by atoms with Gasteiger partial charge in [0.1, 0.15) is 6.17 Å². The monoisotopic (exact) mass is 422 g/mol. The second-order valence-corrected chi connectivity index (χ2v) is 8.02. The number of halogens is 2. The third-order valence-electron chi connectivity index (χ3n) is 3.10. The summed E-state index contributed by atoms with van der Waals surface area (Å²) in [4.78, 5) is 14.3. The average molecular weight is 424 g/mol. The molecular formula is C12H12Br2N2O3S. The van der Waals surface area contributed by atoms with Gasteiger partial charge in [-0.15, -0.1) is 0 Å². The topological polar surface area (TPSA) is 66.8 Å². The van der Waals surface area contributed by atoms with Crippen molar-refractivity contribution in [3.63, 3.8) is 0 Å². The zero-order valence-electron chi connectivity index (χ0n) is 10.4. The summed E-state index contributed by atoms with van der Waals surface area (Å²) in [6, 6.07) is 4.95. The van der Waals surface area contributed by atoms with Crippen LogP contribution in [0, 0.1) is 0 Å². The summed E-state index contributed by atoms with van der Waals surface area (Å²) in [7, 11) is -3.70. The van der Waals surface area contributed by atoms with E-state index in [1.54, 1.807) is 12.1 Å². The first-order valence-corrected chi connectivity index (χ1v) is 9.03. The van der Waals surface area contributed by atoms with Crippen molar-refractivity contribution in [2.24, 2.45) is 4.99 Å². The number of piperidine rings is 1. The Hall–Kier alpha value is -0.530. The second kappa shape index (κ2) is 6.49. The molecule has 1 saturated heterocycles. The Morgan fingerprint density at radius 2 is 2.05 bits per heavy atom. The van der Waals surface area contributed by atoms with Crippen molar-refractivity contribution < 1.29 is 13.2 Å². The highest BCUT2D eigenvalue weighted by Crippen LogP contribution is 2.31. The van der Waals surface area contributed by atoms with Gasteiger partial charge in [-0.1, -0.05) is 15.9 Å². The maximum Gasteiger partial charge on any atom is 0.246 e. The minimum absolute atomic E-state index is 0.167.